The van der Waals surface area contributed by atoms with E-state index in [1.165, 1.54) is 6.33 Å². The molecule has 0 aliphatic rings. The zero-order valence-corrected chi connectivity index (χ0v) is 10.6. The first-order valence-corrected chi connectivity index (χ1v) is 6.33. The predicted octanol–water partition coefficient (Wildman–Crippen LogP) is 3.02. The Hall–Kier alpha value is -1.45. The van der Waals surface area contributed by atoms with Crippen LogP contribution < -0.4 is 5.32 Å². The van der Waals surface area contributed by atoms with Gasteiger partial charge in [0, 0.05) is 5.92 Å². The molecule has 4 heteroatoms. The van der Waals surface area contributed by atoms with Crippen LogP contribution >= 0.6 is 0 Å². The van der Waals surface area contributed by atoms with Crippen molar-refractivity contribution in [2.24, 2.45) is 5.92 Å². The summed E-state index contributed by atoms with van der Waals surface area (Å²) < 4.78 is 0. The summed E-state index contributed by atoms with van der Waals surface area (Å²) in [5, 5.41) is 2.87. The highest BCUT2D eigenvalue weighted by molar-refractivity contribution is 5.92. The first kappa shape index (κ1) is 13.6. The van der Waals surface area contributed by atoms with Crippen LogP contribution in [0.3, 0.4) is 0 Å². The fourth-order valence-electron chi connectivity index (χ4n) is 1.81. The van der Waals surface area contributed by atoms with Gasteiger partial charge in [-0.2, -0.15) is 0 Å². The average Bonchev–Trinajstić information content (AvgIpc) is 2.35. The Balaban J connectivity index is 2.52. The van der Waals surface area contributed by atoms with Crippen LogP contribution in [0, 0.1) is 5.92 Å². The van der Waals surface area contributed by atoms with E-state index in [2.05, 4.69) is 29.1 Å². The molecule has 1 N–H and O–H groups in total. The number of rotatable bonds is 7. The van der Waals surface area contributed by atoms with Gasteiger partial charge in [-0.05, 0) is 12.8 Å². The Labute approximate surface area is 103 Å². The third-order valence-corrected chi connectivity index (χ3v) is 2.74. The zero-order chi connectivity index (χ0) is 12.5. The van der Waals surface area contributed by atoms with Crippen molar-refractivity contribution in [1.82, 2.24) is 9.97 Å². The number of hydrogen-bond donors (Lipinski definition) is 1. The minimum atomic E-state index is 0.0927. The molecule has 0 aliphatic heterocycles. The van der Waals surface area contributed by atoms with Crippen molar-refractivity contribution in [2.75, 3.05) is 5.32 Å². The van der Waals surface area contributed by atoms with Gasteiger partial charge in [-0.25, -0.2) is 9.97 Å². The van der Waals surface area contributed by atoms with E-state index in [4.69, 9.17) is 0 Å². The van der Waals surface area contributed by atoms with Crippen LogP contribution in [0.25, 0.3) is 0 Å². The molecule has 0 radical (unpaired) electrons. The number of amides is 1. The highest BCUT2D eigenvalue weighted by atomic mass is 16.1. The van der Waals surface area contributed by atoms with Gasteiger partial charge in [-0.15, -0.1) is 0 Å². The lowest BCUT2D eigenvalue weighted by Gasteiger charge is -2.15. The molecule has 1 heterocycles. The van der Waals surface area contributed by atoms with Gasteiger partial charge in [0.15, 0.2) is 0 Å². The molecule has 0 aromatic carbocycles. The Morgan fingerprint density at radius 2 is 1.94 bits per heavy atom. The molecule has 1 unspecified atom stereocenters. The maximum Gasteiger partial charge on any atom is 0.227 e. The molecule has 1 aromatic heterocycles. The maximum absolute atomic E-state index is 12.0. The number of anilines is 1. The number of hydrogen-bond acceptors (Lipinski definition) is 3. The van der Waals surface area contributed by atoms with Crippen LogP contribution in [0.4, 0.5) is 5.69 Å². The van der Waals surface area contributed by atoms with Gasteiger partial charge in [0.2, 0.25) is 5.91 Å². The second-order valence-electron chi connectivity index (χ2n) is 4.24. The van der Waals surface area contributed by atoms with E-state index in [0.29, 0.717) is 5.69 Å². The van der Waals surface area contributed by atoms with Crippen LogP contribution in [0.15, 0.2) is 18.7 Å². The van der Waals surface area contributed by atoms with Crippen molar-refractivity contribution in [2.45, 2.75) is 46.0 Å². The summed E-state index contributed by atoms with van der Waals surface area (Å²) in [6.45, 7) is 4.25. The number of nitrogens with one attached hydrogen (secondary N) is 1. The highest BCUT2D eigenvalue weighted by Gasteiger charge is 2.16. The van der Waals surface area contributed by atoms with Crippen LogP contribution in [0.1, 0.15) is 46.0 Å². The summed E-state index contributed by atoms with van der Waals surface area (Å²) in [6.07, 6.45) is 9.86. The van der Waals surface area contributed by atoms with Gasteiger partial charge in [-0.3, -0.25) is 4.79 Å². The third kappa shape index (κ3) is 4.93. The van der Waals surface area contributed by atoms with E-state index >= 15 is 0 Å². The molecule has 0 saturated heterocycles. The predicted molar refractivity (Wildman–Crippen MR) is 68.6 cm³/mol. The lowest BCUT2D eigenvalue weighted by molar-refractivity contribution is -0.120. The van der Waals surface area contributed by atoms with Crippen LogP contribution in [-0.2, 0) is 4.79 Å². The van der Waals surface area contributed by atoms with Crippen molar-refractivity contribution < 1.29 is 4.79 Å². The molecule has 4 nitrogen and oxygen atoms in total. The molecule has 17 heavy (non-hydrogen) atoms. The quantitative estimate of drug-likeness (QED) is 0.790. The van der Waals surface area contributed by atoms with Crippen molar-refractivity contribution in [3.05, 3.63) is 18.7 Å². The summed E-state index contributed by atoms with van der Waals surface area (Å²) in [6, 6.07) is 0. The standard InChI is InChI=1S/C13H21N3O/c1-3-5-7-11(6-4-2)13(17)16-12-8-14-10-15-9-12/h8-11H,3-7H2,1-2H3,(H,16,17). The number of carbonyl (C=O) groups is 1. The van der Waals surface area contributed by atoms with E-state index in [1.807, 2.05) is 0 Å². The van der Waals surface area contributed by atoms with Gasteiger partial charge in [-0.1, -0.05) is 33.1 Å². The summed E-state index contributed by atoms with van der Waals surface area (Å²) in [4.78, 5) is 19.8. The molecule has 0 spiro atoms. The van der Waals surface area contributed by atoms with Gasteiger partial charge in [0.05, 0.1) is 18.1 Å². The lowest BCUT2D eigenvalue weighted by atomic mass is 9.96. The summed E-state index contributed by atoms with van der Waals surface area (Å²) in [5.74, 6) is 0.204. The van der Waals surface area contributed by atoms with E-state index in [1.54, 1.807) is 12.4 Å². The van der Waals surface area contributed by atoms with E-state index < -0.39 is 0 Å². The fraction of sp³-hybridized carbons (Fsp3) is 0.615. The van der Waals surface area contributed by atoms with E-state index in [0.717, 1.165) is 32.1 Å². The summed E-state index contributed by atoms with van der Waals surface area (Å²) >= 11 is 0. The molecule has 0 bridgehead atoms. The minimum Gasteiger partial charge on any atom is -0.323 e. The fourth-order valence-corrected chi connectivity index (χ4v) is 1.81. The molecular weight excluding hydrogens is 214 g/mol. The Bertz CT molecular complexity index is 327. The van der Waals surface area contributed by atoms with E-state index in [-0.39, 0.29) is 11.8 Å². The average molecular weight is 235 g/mol. The second-order valence-corrected chi connectivity index (χ2v) is 4.24. The number of unbranched alkanes of at least 4 members (excludes halogenated alkanes) is 1. The summed E-state index contributed by atoms with van der Waals surface area (Å²) in [7, 11) is 0. The smallest absolute Gasteiger partial charge is 0.227 e. The third-order valence-electron chi connectivity index (χ3n) is 2.74. The first-order chi connectivity index (χ1) is 8.27. The number of aromatic nitrogens is 2. The zero-order valence-electron chi connectivity index (χ0n) is 10.6. The second kappa shape index (κ2) is 7.76. The highest BCUT2D eigenvalue weighted by Crippen LogP contribution is 2.17. The largest absolute Gasteiger partial charge is 0.323 e. The van der Waals surface area contributed by atoms with Gasteiger partial charge in [0.1, 0.15) is 6.33 Å². The summed E-state index contributed by atoms with van der Waals surface area (Å²) in [5.41, 5.74) is 0.676. The molecule has 0 fully saturated rings. The molecule has 0 saturated carbocycles. The SMILES string of the molecule is CCCCC(CCC)C(=O)Nc1cncnc1. The van der Waals surface area contributed by atoms with Crippen LogP contribution in [0.5, 0.6) is 0 Å². The van der Waals surface area contributed by atoms with Gasteiger partial charge < -0.3 is 5.32 Å². The van der Waals surface area contributed by atoms with Crippen molar-refractivity contribution in [3.63, 3.8) is 0 Å². The van der Waals surface area contributed by atoms with Crippen LogP contribution in [0.2, 0.25) is 0 Å². The number of carbonyl (C=O) groups excluding carboxylic acids is 1. The molecule has 94 valence electrons. The normalized spacial score (nSPS) is 12.1. The monoisotopic (exact) mass is 235 g/mol. The first-order valence-electron chi connectivity index (χ1n) is 6.33. The molecule has 1 atom stereocenters. The Morgan fingerprint density at radius 1 is 1.24 bits per heavy atom. The number of nitrogens with zero attached hydrogens (tertiary/aromatic N) is 2. The Morgan fingerprint density at radius 3 is 2.53 bits per heavy atom. The molecular formula is C13H21N3O. The Kier molecular flexibility index (Phi) is 6.22. The molecule has 1 rings (SSSR count). The molecule has 1 amide bonds. The van der Waals surface area contributed by atoms with Crippen molar-refractivity contribution in [3.8, 4) is 0 Å². The van der Waals surface area contributed by atoms with Gasteiger partial charge in [0.25, 0.3) is 0 Å². The topological polar surface area (TPSA) is 54.9 Å². The van der Waals surface area contributed by atoms with Gasteiger partial charge >= 0.3 is 0 Å². The van der Waals surface area contributed by atoms with Crippen molar-refractivity contribution >= 4 is 11.6 Å². The molecule has 1 aromatic rings. The van der Waals surface area contributed by atoms with Crippen LogP contribution in [-0.4, -0.2) is 15.9 Å². The van der Waals surface area contributed by atoms with E-state index in [9.17, 15) is 4.79 Å². The maximum atomic E-state index is 12.0. The van der Waals surface area contributed by atoms with Crippen molar-refractivity contribution in [1.29, 1.82) is 0 Å². The molecule has 0 aliphatic carbocycles. The minimum absolute atomic E-state index is 0.0927. The lowest BCUT2D eigenvalue weighted by Crippen LogP contribution is -2.23.